The summed E-state index contributed by atoms with van der Waals surface area (Å²) in [5, 5.41) is 8.10. The van der Waals surface area contributed by atoms with Gasteiger partial charge in [-0.1, -0.05) is 30.3 Å². The van der Waals surface area contributed by atoms with Gasteiger partial charge < -0.3 is 4.74 Å². The molecule has 1 N–H and O–H groups in total. The maximum Gasteiger partial charge on any atom is 0.209 e. The molecule has 0 radical (unpaired) electrons. The van der Waals surface area contributed by atoms with Crippen LogP contribution in [0.3, 0.4) is 0 Å². The van der Waals surface area contributed by atoms with Crippen molar-refractivity contribution in [3.8, 4) is 17.1 Å². The number of hydrogen-bond donors (Lipinski definition) is 1. The van der Waals surface area contributed by atoms with Gasteiger partial charge in [0, 0.05) is 16.1 Å². The number of thioether (sulfide) groups is 1. The Bertz CT molecular complexity index is 879. The van der Waals surface area contributed by atoms with Gasteiger partial charge in [0.2, 0.25) is 5.16 Å². The van der Waals surface area contributed by atoms with Gasteiger partial charge >= 0.3 is 0 Å². The Morgan fingerprint density at radius 2 is 1.88 bits per heavy atom. The van der Waals surface area contributed by atoms with E-state index in [2.05, 4.69) is 15.2 Å². The Kier molecular flexibility index (Phi) is 5.96. The second-order valence-corrected chi connectivity index (χ2v) is 7.19. The lowest BCUT2D eigenvalue weighted by Gasteiger charge is -2.11. The van der Waals surface area contributed by atoms with E-state index in [9.17, 15) is 4.79 Å². The molecule has 0 amide bonds. The van der Waals surface area contributed by atoms with Gasteiger partial charge in [-0.15, -0.1) is 5.10 Å². The first-order valence-corrected chi connectivity index (χ1v) is 9.39. The quantitative estimate of drug-likeness (QED) is 0.462. The maximum atomic E-state index is 12.8. The summed E-state index contributed by atoms with van der Waals surface area (Å²) < 4.78 is 5.13. The Morgan fingerprint density at radius 1 is 1.19 bits per heavy atom. The standard InChI is InChI=1S/C19H18ClN3O2S/c1-3-16(17(24)12-6-10-15(25-2)11-7-12)26-19-21-18(22-23-19)13-4-8-14(20)9-5-13/h4-11,16H,3H2,1-2H3,(H,21,22,23). The van der Waals surface area contributed by atoms with E-state index in [1.54, 1.807) is 43.5 Å². The highest BCUT2D eigenvalue weighted by atomic mass is 35.5. The Balaban J connectivity index is 1.73. The smallest absolute Gasteiger partial charge is 0.209 e. The Morgan fingerprint density at radius 3 is 2.50 bits per heavy atom. The fourth-order valence-electron chi connectivity index (χ4n) is 2.43. The number of rotatable bonds is 7. The van der Waals surface area contributed by atoms with Crippen molar-refractivity contribution in [2.45, 2.75) is 23.8 Å². The minimum absolute atomic E-state index is 0.0537. The first-order valence-electron chi connectivity index (χ1n) is 8.14. The van der Waals surface area contributed by atoms with Gasteiger partial charge in [0.05, 0.1) is 12.4 Å². The summed E-state index contributed by atoms with van der Waals surface area (Å²) in [7, 11) is 1.60. The van der Waals surface area contributed by atoms with Gasteiger partial charge in [-0.2, -0.15) is 0 Å². The number of carbonyl (C=O) groups excluding carboxylic acids is 1. The lowest BCUT2D eigenvalue weighted by Crippen LogP contribution is -2.16. The molecule has 1 unspecified atom stereocenters. The largest absolute Gasteiger partial charge is 0.497 e. The molecule has 0 aliphatic heterocycles. The molecule has 1 atom stereocenters. The average molecular weight is 388 g/mol. The number of carbonyl (C=O) groups is 1. The molecule has 2 aromatic carbocycles. The molecule has 26 heavy (non-hydrogen) atoms. The highest BCUT2D eigenvalue weighted by molar-refractivity contribution is 8.00. The van der Waals surface area contributed by atoms with E-state index >= 15 is 0 Å². The minimum Gasteiger partial charge on any atom is -0.497 e. The number of nitrogens with one attached hydrogen (secondary N) is 1. The van der Waals surface area contributed by atoms with E-state index < -0.39 is 0 Å². The summed E-state index contributed by atoms with van der Waals surface area (Å²) in [5.74, 6) is 1.43. The van der Waals surface area contributed by atoms with Gasteiger partial charge in [-0.25, -0.2) is 4.98 Å². The van der Waals surface area contributed by atoms with Crippen LogP contribution >= 0.6 is 23.4 Å². The van der Waals surface area contributed by atoms with Crippen LogP contribution in [0.4, 0.5) is 0 Å². The molecule has 134 valence electrons. The second-order valence-electron chi connectivity index (χ2n) is 5.58. The fourth-order valence-corrected chi connectivity index (χ4v) is 3.46. The number of ketones is 1. The number of aromatic amines is 1. The zero-order valence-electron chi connectivity index (χ0n) is 14.4. The van der Waals surface area contributed by atoms with Crippen molar-refractivity contribution in [3.05, 3.63) is 59.1 Å². The molecule has 7 heteroatoms. The summed E-state index contributed by atoms with van der Waals surface area (Å²) in [5.41, 5.74) is 1.54. The summed E-state index contributed by atoms with van der Waals surface area (Å²) in [6.07, 6.45) is 0.681. The molecule has 3 rings (SSSR count). The number of benzene rings is 2. The predicted molar refractivity (Wildman–Crippen MR) is 104 cm³/mol. The number of aromatic nitrogens is 3. The van der Waals surface area contributed by atoms with Crippen LogP contribution in [-0.4, -0.2) is 33.3 Å². The predicted octanol–water partition coefficient (Wildman–Crippen LogP) is 4.89. The van der Waals surface area contributed by atoms with Crippen LogP contribution in [0.5, 0.6) is 5.75 Å². The molecule has 0 fully saturated rings. The van der Waals surface area contributed by atoms with Crippen molar-refractivity contribution in [3.63, 3.8) is 0 Å². The third kappa shape index (κ3) is 4.26. The summed E-state index contributed by atoms with van der Waals surface area (Å²) in [4.78, 5) is 17.2. The Hall–Kier alpha value is -2.31. The lowest BCUT2D eigenvalue weighted by atomic mass is 10.1. The number of halogens is 1. The molecule has 0 spiro atoms. The topological polar surface area (TPSA) is 67.9 Å². The highest BCUT2D eigenvalue weighted by Gasteiger charge is 2.22. The number of nitrogens with zero attached hydrogens (tertiary/aromatic N) is 2. The number of methoxy groups -OCH3 is 1. The zero-order valence-corrected chi connectivity index (χ0v) is 16.0. The highest BCUT2D eigenvalue weighted by Crippen LogP contribution is 2.28. The first kappa shape index (κ1) is 18.5. The van der Waals surface area contributed by atoms with Crippen LogP contribution < -0.4 is 4.74 Å². The SMILES string of the molecule is CCC(Sc1n[nH]c(-c2ccc(Cl)cc2)n1)C(=O)c1ccc(OC)cc1. The average Bonchev–Trinajstić information content (AvgIpc) is 3.15. The first-order chi connectivity index (χ1) is 12.6. The number of Topliss-reactive ketones (excluding diaryl/α,β-unsaturated/α-hetero) is 1. The van der Waals surface area contributed by atoms with Crippen LogP contribution in [-0.2, 0) is 0 Å². The number of ether oxygens (including phenoxy) is 1. The third-order valence-corrected chi connectivity index (χ3v) is 5.35. The van der Waals surface area contributed by atoms with E-state index in [0.29, 0.717) is 28.0 Å². The van der Waals surface area contributed by atoms with E-state index in [1.165, 1.54) is 11.8 Å². The maximum absolute atomic E-state index is 12.8. The normalized spacial score (nSPS) is 12.0. The number of hydrogen-bond acceptors (Lipinski definition) is 5. The van der Waals surface area contributed by atoms with E-state index in [-0.39, 0.29) is 11.0 Å². The second kappa shape index (κ2) is 8.38. The molecule has 0 aliphatic rings. The molecule has 0 bridgehead atoms. The minimum atomic E-state index is -0.253. The molecule has 3 aromatic rings. The van der Waals surface area contributed by atoms with Crippen LogP contribution in [0.25, 0.3) is 11.4 Å². The van der Waals surface area contributed by atoms with Crippen LogP contribution in [0.2, 0.25) is 5.02 Å². The van der Waals surface area contributed by atoms with Crippen molar-refractivity contribution in [2.75, 3.05) is 7.11 Å². The third-order valence-electron chi connectivity index (χ3n) is 3.87. The molecular weight excluding hydrogens is 370 g/mol. The van der Waals surface area contributed by atoms with Gasteiger partial charge in [-0.3, -0.25) is 9.89 Å². The summed E-state index contributed by atoms with van der Waals surface area (Å²) in [6.45, 7) is 1.98. The van der Waals surface area contributed by atoms with Crippen molar-refractivity contribution >= 4 is 29.1 Å². The van der Waals surface area contributed by atoms with Gasteiger partial charge in [-0.05, 0) is 55.0 Å². The molecule has 1 heterocycles. The van der Waals surface area contributed by atoms with Crippen molar-refractivity contribution in [1.29, 1.82) is 0 Å². The van der Waals surface area contributed by atoms with Crippen molar-refractivity contribution in [1.82, 2.24) is 15.2 Å². The summed E-state index contributed by atoms with van der Waals surface area (Å²) >= 11 is 7.27. The van der Waals surface area contributed by atoms with Crippen LogP contribution in [0, 0.1) is 0 Å². The number of H-pyrrole nitrogens is 1. The van der Waals surface area contributed by atoms with Gasteiger partial charge in [0.1, 0.15) is 5.75 Å². The molecule has 1 aromatic heterocycles. The fraction of sp³-hybridized carbons (Fsp3) is 0.211. The molecule has 0 saturated carbocycles. The van der Waals surface area contributed by atoms with E-state index in [1.807, 2.05) is 19.1 Å². The molecular formula is C19H18ClN3O2S. The monoisotopic (exact) mass is 387 g/mol. The van der Waals surface area contributed by atoms with Crippen molar-refractivity contribution in [2.24, 2.45) is 0 Å². The lowest BCUT2D eigenvalue weighted by molar-refractivity contribution is 0.0988. The molecule has 5 nitrogen and oxygen atoms in total. The van der Waals surface area contributed by atoms with Crippen molar-refractivity contribution < 1.29 is 9.53 Å². The molecule has 0 aliphatic carbocycles. The van der Waals surface area contributed by atoms with Crippen LogP contribution in [0.15, 0.2) is 53.7 Å². The molecule has 0 saturated heterocycles. The van der Waals surface area contributed by atoms with Gasteiger partial charge in [0.15, 0.2) is 11.6 Å². The van der Waals surface area contributed by atoms with Gasteiger partial charge in [0.25, 0.3) is 0 Å². The zero-order chi connectivity index (χ0) is 18.5. The van der Waals surface area contributed by atoms with Crippen LogP contribution in [0.1, 0.15) is 23.7 Å². The summed E-state index contributed by atoms with van der Waals surface area (Å²) in [6, 6.07) is 14.5. The van der Waals surface area contributed by atoms with E-state index in [0.717, 1.165) is 11.3 Å². The Labute approximate surface area is 161 Å². The van der Waals surface area contributed by atoms with E-state index in [4.69, 9.17) is 16.3 Å².